The second kappa shape index (κ2) is 3.92. The Morgan fingerprint density at radius 2 is 2.00 bits per heavy atom. The molecule has 0 atom stereocenters. The molecule has 1 saturated heterocycles. The zero-order valence-electron chi connectivity index (χ0n) is 10.7. The molecule has 0 amide bonds. The summed E-state index contributed by atoms with van der Waals surface area (Å²) in [5.74, 6) is 0.273. The summed E-state index contributed by atoms with van der Waals surface area (Å²) >= 11 is 0. The van der Waals surface area contributed by atoms with Gasteiger partial charge >= 0.3 is 0 Å². The lowest BCUT2D eigenvalue weighted by molar-refractivity contribution is -0.0299. The molecule has 4 nitrogen and oxygen atoms in total. The zero-order chi connectivity index (χ0) is 12.8. The number of aliphatic hydroxyl groups is 1. The van der Waals surface area contributed by atoms with Crippen LogP contribution in [-0.4, -0.2) is 34.0 Å². The van der Waals surface area contributed by atoms with Crippen LogP contribution < -0.4 is 4.90 Å². The van der Waals surface area contributed by atoms with Crippen molar-refractivity contribution in [3.63, 3.8) is 0 Å². The van der Waals surface area contributed by atoms with Crippen molar-refractivity contribution in [2.75, 3.05) is 18.0 Å². The van der Waals surface area contributed by atoms with Crippen LogP contribution in [0.3, 0.4) is 0 Å². The van der Waals surface area contributed by atoms with Crippen LogP contribution in [0.15, 0.2) is 30.5 Å². The van der Waals surface area contributed by atoms with Gasteiger partial charge in [-0.15, -0.1) is 0 Å². The molecule has 1 fully saturated rings. The molecule has 0 unspecified atom stereocenters. The highest BCUT2D eigenvalue weighted by molar-refractivity contribution is 5.91. The molecule has 1 aliphatic heterocycles. The number of aromatic nitrogens is 2. The number of fused-ring (bicyclic) bond motifs is 1. The molecule has 94 valence electrons. The Labute approximate surface area is 106 Å². The maximum Gasteiger partial charge on any atom is 0.102 e. The third-order valence-electron chi connectivity index (χ3n) is 3.87. The van der Waals surface area contributed by atoms with Gasteiger partial charge in [-0.2, -0.15) is 10.2 Å². The molecule has 0 bridgehead atoms. The van der Waals surface area contributed by atoms with Crippen molar-refractivity contribution >= 4 is 16.6 Å². The minimum Gasteiger partial charge on any atom is -0.386 e. The molecule has 2 aromatic rings. The third kappa shape index (κ3) is 1.64. The quantitative estimate of drug-likeness (QED) is 0.874. The number of hydrogen-bond donors (Lipinski definition) is 1. The van der Waals surface area contributed by atoms with Gasteiger partial charge < -0.3 is 10.0 Å². The van der Waals surface area contributed by atoms with Crippen molar-refractivity contribution in [2.45, 2.75) is 19.4 Å². The lowest BCUT2D eigenvalue weighted by Crippen LogP contribution is -2.64. The Balaban J connectivity index is 1.94. The number of nitrogens with zero attached hydrogens (tertiary/aromatic N) is 3. The molecule has 2 heterocycles. The minimum atomic E-state index is -0.565. The summed E-state index contributed by atoms with van der Waals surface area (Å²) in [6.07, 6.45) is 1.78. The summed E-state index contributed by atoms with van der Waals surface area (Å²) in [5.41, 5.74) is 1.39. The van der Waals surface area contributed by atoms with E-state index >= 15 is 0 Å². The van der Waals surface area contributed by atoms with E-state index in [0.29, 0.717) is 13.1 Å². The molecule has 1 aromatic carbocycles. The van der Waals surface area contributed by atoms with Crippen molar-refractivity contribution in [1.29, 1.82) is 0 Å². The van der Waals surface area contributed by atoms with Gasteiger partial charge in [0, 0.05) is 18.5 Å². The van der Waals surface area contributed by atoms with Gasteiger partial charge in [0.15, 0.2) is 0 Å². The largest absolute Gasteiger partial charge is 0.386 e. The van der Waals surface area contributed by atoms with E-state index < -0.39 is 5.60 Å². The van der Waals surface area contributed by atoms with Crippen molar-refractivity contribution in [2.24, 2.45) is 5.92 Å². The summed E-state index contributed by atoms with van der Waals surface area (Å²) < 4.78 is 0. The van der Waals surface area contributed by atoms with Crippen LogP contribution in [0.4, 0.5) is 5.69 Å². The molecule has 1 aliphatic rings. The SMILES string of the molecule is CC(C)C1(O)CN(c2cnnc3ccccc23)C1. The van der Waals surface area contributed by atoms with E-state index in [4.69, 9.17) is 0 Å². The van der Waals surface area contributed by atoms with Crippen molar-refractivity contribution < 1.29 is 5.11 Å². The van der Waals surface area contributed by atoms with Gasteiger partial charge in [0.05, 0.1) is 17.4 Å². The normalized spacial score (nSPS) is 18.1. The van der Waals surface area contributed by atoms with Crippen LogP contribution in [0.1, 0.15) is 13.8 Å². The number of benzene rings is 1. The van der Waals surface area contributed by atoms with Crippen LogP contribution in [0.2, 0.25) is 0 Å². The fraction of sp³-hybridized carbons (Fsp3) is 0.429. The van der Waals surface area contributed by atoms with Gasteiger partial charge in [0.25, 0.3) is 0 Å². The van der Waals surface area contributed by atoms with E-state index in [1.165, 1.54) is 0 Å². The molecule has 3 rings (SSSR count). The van der Waals surface area contributed by atoms with E-state index in [0.717, 1.165) is 16.6 Å². The summed E-state index contributed by atoms with van der Waals surface area (Å²) in [4.78, 5) is 2.16. The van der Waals surface area contributed by atoms with Gasteiger partial charge in [0.2, 0.25) is 0 Å². The Morgan fingerprint density at radius 3 is 2.72 bits per heavy atom. The average molecular weight is 243 g/mol. The fourth-order valence-electron chi connectivity index (χ4n) is 2.39. The highest BCUT2D eigenvalue weighted by Gasteiger charge is 2.44. The zero-order valence-corrected chi connectivity index (χ0v) is 10.7. The fourth-order valence-corrected chi connectivity index (χ4v) is 2.39. The van der Waals surface area contributed by atoms with Crippen molar-refractivity contribution in [1.82, 2.24) is 10.2 Å². The number of hydrogen-bond acceptors (Lipinski definition) is 4. The average Bonchev–Trinajstić information content (AvgIpc) is 2.34. The van der Waals surface area contributed by atoms with Gasteiger partial charge in [-0.3, -0.25) is 0 Å². The predicted molar refractivity (Wildman–Crippen MR) is 71.5 cm³/mol. The van der Waals surface area contributed by atoms with Gasteiger partial charge in [-0.1, -0.05) is 32.0 Å². The highest BCUT2D eigenvalue weighted by atomic mass is 16.3. The molecular weight excluding hydrogens is 226 g/mol. The van der Waals surface area contributed by atoms with Crippen LogP contribution in [0.5, 0.6) is 0 Å². The molecule has 0 saturated carbocycles. The lowest BCUT2D eigenvalue weighted by Gasteiger charge is -2.50. The molecule has 1 aromatic heterocycles. The molecule has 4 heteroatoms. The smallest absolute Gasteiger partial charge is 0.102 e. The summed E-state index contributed by atoms with van der Waals surface area (Å²) in [6, 6.07) is 7.97. The van der Waals surface area contributed by atoms with Crippen LogP contribution in [0, 0.1) is 5.92 Å². The van der Waals surface area contributed by atoms with Gasteiger partial charge in [-0.05, 0) is 12.0 Å². The van der Waals surface area contributed by atoms with Crippen LogP contribution in [-0.2, 0) is 0 Å². The topological polar surface area (TPSA) is 49.2 Å². The molecular formula is C14H17N3O. The summed E-state index contributed by atoms with van der Waals surface area (Å²) in [5, 5.41) is 19.6. The first-order chi connectivity index (χ1) is 8.60. The third-order valence-corrected chi connectivity index (χ3v) is 3.87. The Morgan fingerprint density at radius 1 is 1.28 bits per heavy atom. The molecule has 0 radical (unpaired) electrons. The molecule has 0 spiro atoms. The van der Waals surface area contributed by atoms with Gasteiger partial charge in [-0.25, -0.2) is 0 Å². The second-order valence-electron chi connectivity index (χ2n) is 5.36. The van der Waals surface area contributed by atoms with E-state index in [2.05, 4.69) is 28.9 Å². The Kier molecular flexibility index (Phi) is 2.48. The maximum absolute atomic E-state index is 10.3. The first-order valence-corrected chi connectivity index (χ1v) is 6.28. The number of β-amino-alcohol motifs (C(OH)–C–C–N with tert-alkyl or cyclic N) is 1. The molecule has 18 heavy (non-hydrogen) atoms. The standard InChI is InChI=1S/C14H17N3O/c1-10(2)14(18)8-17(9-14)13-7-15-16-12-6-4-3-5-11(12)13/h3-7,10,18H,8-9H2,1-2H3. The second-order valence-corrected chi connectivity index (χ2v) is 5.36. The lowest BCUT2D eigenvalue weighted by atomic mass is 9.82. The van der Waals surface area contributed by atoms with E-state index in [1.807, 2.05) is 24.3 Å². The van der Waals surface area contributed by atoms with E-state index in [1.54, 1.807) is 6.20 Å². The molecule has 0 aliphatic carbocycles. The predicted octanol–water partition coefficient (Wildman–Crippen LogP) is 1.84. The number of rotatable bonds is 2. The van der Waals surface area contributed by atoms with E-state index in [9.17, 15) is 5.11 Å². The summed E-state index contributed by atoms with van der Waals surface area (Å²) in [7, 11) is 0. The Hall–Kier alpha value is -1.68. The van der Waals surface area contributed by atoms with Crippen molar-refractivity contribution in [3.05, 3.63) is 30.5 Å². The first-order valence-electron chi connectivity index (χ1n) is 6.28. The molecule has 1 N–H and O–H groups in total. The summed E-state index contributed by atoms with van der Waals surface area (Å²) in [6.45, 7) is 5.45. The van der Waals surface area contributed by atoms with Crippen LogP contribution >= 0.6 is 0 Å². The van der Waals surface area contributed by atoms with Gasteiger partial charge in [0.1, 0.15) is 5.60 Å². The van der Waals surface area contributed by atoms with Crippen LogP contribution in [0.25, 0.3) is 10.9 Å². The number of anilines is 1. The first kappa shape index (κ1) is 11.4. The Bertz CT molecular complexity index is 571. The minimum absolute atomic E-state index is 0.273. The maximum atomic E-state index is 10.3. The van der Waals surface area contributed by atoms with Crippen molar-refractivity contribution in [3.8, 4) is 0 Å². The van der Waals surface area contributed by atoms with E-state index in [-0.39, 0.29) is 5.92 Å². The highest BCUT2D eigenvalue weighted by Crippen LogP contribution is 2.35. The monoisotopic (exact) mass is 243 g/mol.